The molecule has 3 nitrogen and oxygen atoms in total. The summed E-state index contributed by atoms with van der Waals surface area (Å²) in [6.45, 7) is 2.08. The van der Waals surface area contributed by atoms with Crippen molar-refractivity contribution in [2.45, 2.75) is 43.5 Å². The minimum absolute atomic E-state index is 0.0668. The molecule has 19 heavy (non-hydrogen) atoms. The van der Waals surface area contributed by atoms with E-state index in [4.69, 9.17) is 0 Å². The van der Waals surface area contributed by atoms with E-state index in [1.807, 2.05) is 18.2 Å². The second-order valence-corrected chi connectivity index (χ2v) is 8.43. The highest BCUT2D eigenvalue weighted by molar-refractivity contribution is 9.10. The Morgan fingerprint density at radius 1 is 1.32 bits per heavy atom. The molecule has 1 saturated carbocycles. The largest absolute Gasteiger partial charge is 0.306 e. The van der Waals surface area contributed by atoms with Gasteiger partial charge in [0.25, 0.3) is 0 Å². The second kappa shape index (κ2) is 5.94. The predicted molar refractivity (Wildman–Crippen MR) is 82.0 cm³/mol. The predicted octanol–water partition coefficient (Wildman–Crippen LogP) is 3.07. The molecule has 0 amide bonds. The van der Waals surface area contributed by atoms with Crippen molar-refractivity contribution in [3.63, 3.8) is 0 Å². The van der Waals surface area contributed by atoms with Crippen LogP contribution in [0.4, 0.5) is 0 Å². The van der Waals surface area contributed by atoms with Gasteiger partial charge in [-0.25, -0.2) is 8.42 Å². The first-order valence-electron chi connectivity index (χ1n) is 6.59. The first kappa shape index (κ1) is 15.0. The van der Waals surface area contributed by atoms with E-state index >= 15 is 0 Å². The van der Waals surface area contributed by atoms with Gasteiger partial charge in [0, 0.05) is 22.8 Å². The van der Waals surface area contributed by atoms with Gasteiger partial charge >= 0.3 is 0 Å². The molecule has 0 saturated heterocycles. The normalized spacial score (nSPS) is 25.4. The molecule has 0 spiro atoms. The Morgan fingerprint density at radius 3 is 2.63 bits per heavy atom. The maximum absolute atomic E-state index is 11.8. The van der Waals surface area contributed by atoms with Crippen molar-refractivity contribution in [2.75, 3.05) is 6.26 Å². The van der Waals surface area contributed by atoms with Crippen LogP contribution in [0, 0.1) is 0 Å². The smallest absolute Gasteiger partial charge is 0.151 e. The molecule has 0 aliphatic heterocycles. The summed E-state index contributed by atoms with van der Waals surface area (Å²) in [5.41, 5.74) is 1.17. The third kappa shape index (κ3) is 3.58. The molecule has 0 aromatic heterocycles. The minimum atomic E-state index is -2.96. The van der Waals surface area contributed by atoms with Crippen molar-refractivity contribution in [1.29, 1.82) is 0 Å². The molecule has 0 radical (unpaired) electrons. The third-order valence-corrected chi connectivity index (χ3v) is 6.22. The van der Waals surface area contributed by atoms with E-state index in [-0.39, 0.29) is 17.3 Å². The molecule has 1 aromatic carbocycles. The van der Waals surface area contributed by atoms with E-state index in [9.17, 15) is 8.42 Å². The first-order valence-corrected chi connectivity index (χ1v) is 9.33. The Hall–Kier alpha value is -0.390. The van der Waals surface area contributed by atoms with Crippen LogP contribution in [0.1, 0.15) is 37.8 Å². The lowest BCUT2D eigenvalue weighted by Crippen LogP contribution is -2.41. The summed E-state index contributed by atoms with van der Waals surface area (Å²) >= 11 is 3.54. The van der Waals surface area contributed by atoms with Gasteiger partial charge < -0.3 is 5.32 Å². The summed E-state index contributed by atoms with van der Waals surface area (Å²) in [4.78, 5) is 0. The van der Waals surface area contributed by atoms with Crippen molar-refractivity contribution in [3.8, 4) is 0 Å². The van der Waals surface area contributed by atoms with Gasteiger partial charge in [0.15, 0.2) is 9.84 Å². The summed E-state index contributed by atoms with van der Waals surface area (Å²) in [7, 11) is -2.96. The Balaban J connectivity index is 2.11. The summed E-state index contributed by atoms with van der Waals surface area (Å²) in [6, 6.07) is 8.26. The summed E-state index contributed by atoms with van der Waals surface area (Å²) in [5.74, 6) is 0. The molecule has 3 atom stereocenters. The minimum Gasteiger partial charge on any atom is -0.306 e. The number of rotatable bonds is 4. The van der Waals surface area contributed by atoms with Crippen LogP contribution in [-0.4, -0.2) is 26.0 Å². The van der Waals surface area contributed by atoms with Crippen molar-refractivity contribution < 1.29 is 8.42 Å². The molecular formula is C14H20BrNO2S. The number of halogens is 1. The highest BCUT2D eigenvalue weighted by Crippen LogP contribution is 2.29. The Labute approximate surface area is 123 Å². The van der Waals surface area contributed by atoms with Gasteiger partial charge in [0.1, 0.15) is 0 Å². The number of nitrogens with one attached hydrogen (secondary N) is 1. The zero-order chi connectivity index (χ0) is 14.0. The van der Waals surface area contributed by atoms with Gasteiger partial charge in [-0.3, -0.25) is 0 Å². The van der Waals surface area contributed by atoms with Gasteiger partial charge in [0.2, 0.25) is 0 Å². The van der Waals surface area contributed by atoms with Crippen LogP contribution < -0.4 is 5.32 Å². The molecule has 5 heteroatoms. The molecule has 2 rings (SSSR count). The highest BCUT2D eigenvalue weighted by atomic mass is 79.9. The molecule has 0 bridgehead atoms. The fourth-order valence-corrected chi connectivity index (χ4v) is 4.90. The quantitative estimate of drug-likeness (QED) is 0.911. The van der Waals surface area contributed by atoms with Crippen molar-refractivity contribution in [2.24, 2.45) is 0 Å². The van der Waals surface area contributed by atoms with Crippen molar-refractivity contribution >= 4 is 25.8 Å². The number of sulfone groups is 1. The number of hydrogen-bond acceptors (Lipinski definition) is 3. The van der Waals surface area contributed by atoms with Gasteiger partial charge in [0.05, 0.1) is 5.25 Å². The zero-order valence-corrected chi connectivity index (χ0v) is 13.7. The van der Waals surface area contributed by atoms with Crippen LogP contribution in [0.25, 0.3) is 0 Å². The number of hydrogen-bond donors (Lipinski definition) is 1. The van der Waals surface area contributed by atoms with E-state index in [0.717, 1.165) is 23.7 Å². The third-order valence-electron chi connectivity index (χ3n) is 3.84. The van der Waals surface area contributed by atoms with E-state index in [2.05, 4.69) is 34.2 Å². The lowest BCUT2D eigenvalue weighted by Gasteiger charge is -2.25. The fraction of sp³-hybridized carbons (Fsp3) is 0.571. The van der Waals surface area contributed by atoms with Crippen molar-refractivity contribution in [1.82, 2.24) is 5.32 Å². The van der Waals surface area contributed by atoms with Gasteiger partial charge in [-0.15, -0.1) is 0 Å². The molecule has 2 unspecified atom stereocenters. The van der Waals surface area contributed by atoms with Crippen LogP contribution in [0.3, 0.4) is 0 Å². The lowest BCUT2D eigenvalue weighted by molar-refractivity contribution is 0.455. The molecular weight excluding hydrogens is 326 g/mol. The Bertz CT molecular complexity index is 544. The SMILES string of the molecule is C[C@@H](NC1CCCC1S(C)(=O)=O)c1ccccc1Br. The average Bonchev–Trinajstić information content (AvgIpc) is 2.77. The van der Waals surface area contributed by atoms with Crippen LogP contribution in [0.15, 0.2) is 28.7 Å². The monoisotopic (exact) mass is 345 g/mol. The van der Waals surface area contributed by atoms with Crippen LogP contribution in [0.5, 0.6) is 0 Å². The Morgan fingerprint density at radius 2 is 2.00 bits per heavy atom. The van der Waals surface area contributed by atoms with E-state index in [0.29, 0.717) is 0 Å². The van der Waals surface area contributed by atoms with Gasteiger partial charge in [-0.2, -0.15) is 0 Å². The van der Waals surface area contributed by atoms with E-state index in [1.165, 1.54) is 11.8 Å². The molecule has 1 aliphatic rings. The summed E-state index contributed by atoms with van der Waals surface area (Å²) < 4.78 is 24.6. The molecule has 1 N–H and O–H groups in total. The second-order valence-electron chi connectivity index (χ2n) is 5.32. The van der Waals surface area contributed by atoms with Crippen molar-refractivity contribution in [3.05, 3.63) is 34.3 Å². The molecule has 106 valence electrons. The molecule has 1 fully saturated rings. The highest BCUT2D eigenvalue weighted by Gasteiger charge is 2.35. The van der Waals surface area contributed by atoms with E-state index in [1.54, 1.807) is 0 Å². The first-order chi connectivity index (χ1) is 8.89. The van der Waals surface area contributed by atoms with E-state index < -0.39 is 9.84 Å². The lowest BCUT2D eigenvalue weighted by atomic mass is 10.1. The van der Waals surface area contributed by atoms with Crippen LogP contribution in [0.2, 0.25) is 0 Å². The Kier molecular flexibility index (Phi) is 4.69. The topological polar surface area (TPSA) is 46.2 Å². The standard InChI is InChI=1S/C14H20BrNO2S/c1-10(11-6-3-4-7-12(11)15)16-13-8-5-9-14(13)19(2,17)18/h3-4,6-7,10,13-14,16H,5,8-9H2,1-2H3/t10-,13?,14?/m1/s1. The molecule has 0 heterocycles. The molecule has 1 aromatic rings. The number of benzene rings is 1. The molecule has 1 aliphatic carbocycles. The summed E-state index contributed by atoms with van der Waals surface area (Å²) in [5, 5.41) is 3.24. The van der Waals surface area contributed by atoms with Crippen LogP contribution in [-0.2, 0) is 9.84 Å². The van der Waals surface area contributed by atoms with Gasteiger partial charge in [-0.05, 0) is 31.4 Å². The maximum Gasteiger partial charge on any atom is 0.151 e. The fourth-order valence-electron chi connectivity index (χ4n) is 2.87. The maximum atomic E-state index is 11.8. The van der Waals surface area contributed by atoms with Gasteiger partial charge in [-0.1, -0.05) is 40.5 Å². The van der Waals surface area contributed by atoms with Crippen LogP contribution >= 0.6 is 15.9 Å². The zero-order valence-electron chi connectivity index (χ0n) is 11.3. The summed E-state index contributed by atoms with van der Waals surface area (Å²) in [6.07, 6.45) is 4.05. The average molecular weight is 346 g/mol.